The highest BCUT2D eigenvalue weighted by Gasteiger charge is 2.18. The first-order valence-electron chi connectivity index (χ1n) is 11.4. The van der Waals surface area contributed by atoms with Gasteiger partial charge >= 0.3 is 0 Å². The van der Waals surface area contributed by atoms with E-state index in [4.69, 9.17) is 4.42 Å². The highest BCUT2D eigenvalue weighted by molar-refractivity contribution is 6.28. The third-order valence-electron chi connectivity index (χ3n) is 7.19. The SMILES string of the molecule is c1ccc2c(c1)cc(-c1ccc3ccc4cccc5ccc1c3c45)c1c3ccccc3oc21. The monoisotopic (exact) mass is 418 g/mol. The summed E-state index contributed by atoms with van der Waals surface area (Å²) < 4.78 is 6.45. The maximum absolute atomic E-state index is 6.45. The lowest BCUT2D eigenvalue weighted by Crippen LogP contribution is -1.88. The van der Waals surface area contributed by atoms with Gasteiger partial charge in [-0.25, -0.2) is 0 Å². The number of benzene rings is 7. The van der Waals surface area contributed by atoms with E-state index in [2.05, 4.69) is 103 Å². The molecule has 0 N–H and O–H groups in total. The predicted octanol–water partition coefficient (Wildman–Crippen LogP) is 9.30. The van der Waals surface area contributed by atoms with Crippen LogP contribution in [-0.2, 0) is 0 Å². The van der Waals surface area contributed by atoms with E-state index in [0.29, 0.717) is 0 Å². The molecule has 0 radical (unpaired) electrons. The van der Waals surface area contributed by atoms with E-state index >= 15 is 0 Å². The van der Waals surface area contributed by atoms with Crippen LogP contribution in [-0.4, -0.2) is 0 Å². The van der Waals surface area contributed by atoms with E-state index in [-0.39, 0.29) is 0 Å². The summed E-state index contributed by atoms with van der Waals surface area (Å²) in [7, 11) is 0. The van der Waals surface area contributed by atoms with E-state index in [0.717, 1.165) is 16.6 Å². The Morgan fingerprint density at radius 1 is 0.394 bits per heavy atom. The van der Waals surface area contributed by atoms with Crippen molar-refractivity contribution in [2.24, 2.45) is 0 Å². The van der Waals surface area contributed by atoms with Crippen molar-refractivity contribution in [2.75, 3.05) is 0 Å². The van der Waals surface area contributed by atoms with Crippen LogP contribution in [0.15, 0.2) is 114 Å². The van der Waals surface area contributed by atoms with Gasteiger partial charge in [0.15, 0.2) is 0 Å². The van der Waals surface area contributed by atoms with Crippen molar-refractivity contribution in [1.82, 2.24) is 0 Å². The average molecular weight is 418 g/mol. The Hall–Kier alpha value is -4.36. The van der Waals surface area contributed by atoms with Crippen LogP contribution >= 0.6 is 0 Å². The van der Waals surface area contributed by atoms with Gasteiger partial charge in [0.2, 0.25) is 0 Å². The second-order valence-corrected chi connectivity index (χ2v) is 8.92. The normalized spacial score (nSPS) is 12.2. The molecule has 152 valence electrons. The van der Waals surface area contributed by atoms with E-state index in [9.17, 15) is 0 Å². The van der Waals surface area contributed by atoms with Crippen molar-refractivity contribution in [3.8, 4) is 11.1 Å². The molecule has 0 saturated heterocycles. The zero-order chi connectivity index (χ0) is 21.5. The van der Waals surface area contributed by atoms with Crippen molar-refractivity contribution >= 4 is 65.0 Å². The average Bonchev–Trinajstić information content (AvgIpc) is 3.27. The second-order valence-electron chi connectivity index (χ2n) is 8.92. The van der Waals surface area contributed by atoms with Gasteiger partial charge in [0.25, 0.3) is 0 Å². The zero-order valence-electron chi connectivity index (χ0n) is 17.8. The topological polar surface area (TPSA) is 13.1 Å². The summed E-state index contributed by atoms with van der Waals surface area (Å²) in [6.45, 7) is 0. The van der Waals surface area contributed by atoms with Gasteiger partial charge in [-0.2, -0.15) is 0 Å². The van der Waals surface area contributed by atoms with Gasteiger partial charge in [-0.3, -0.25) is 0 Å². The first-order chi connectivity index (χ1) is 16.4. The summed E-state index contributed by atoms with van der Waals surface area (Å²) in [6, 6.07) is 39.4. The molecule has 1 heteroatoms. The lowest BCUT2D eigenvalue weighted by atomic mass is 9.88. The Morgan fingerprint density at radius 2 is 1.06 bits per heavy atom. The van der Waals surface area contributed by atoms with E-state index < -0.39 is 0 Å². The molecule has 0 aliphatic rings. The quantitative estimate of drug-likeness (QED) is 0.242. The molecule has 8 rings (SSSR count). The molecule has 0 fully saturated rings. The molecule has 0 aliphatic heterocycles. The molecule has 1 heterocycles. The van der Waals surface area contributed by atoms with E-state index in [1.54, 1.807) is 0 Å². The van der Waals surface area contributed by atoms with Crippen molar-refractivity contribution in [3.63, 3.8) is 0 Å². The summed E-state index contributed by atoms with van der Waals surface area (Å²) in [5.74, 6) is 0. The minimum atomic E-state index is 0.933. The summed E-state index contributed by atoms with van der Waals surface area (Å²) in [5, 5.41) is 12.6. The highest BCUT2D eigenvalue weighted by atomic mass is 16.3. The minimum absolute atomic E-state index is 0.933. The predicted molar refractivity (Wildman–Crippen MR) is 140 cm³/mol. The van der Waals surface area contributed by atoms with E-state index in [1.165, 1.54) is 59.6 Å². The van der Waals surface area contributed by atoms with Crippen molar-refractivity contribution in [1.29, 1.82) is 0 Å². The maximum Gasteiger partial charge on any atom is 0.143 e. The standard InChI is InChI=1S/C32H18O/c1-2-9-23-22(6-1)18-27(31-26-10-3-4-11-28(26)33-32(23)31)24-16-14-21-13-12-19-7-5-8-20-15-17-25(24)30(21)29(19)20/h1-18H. The molecule has 1 nitrogen and oxygen atoms in total. The fourth-order valence-electron chi connectivity index (χ4n) is 5.74. The molecule has 33 heavy (non-hydrogen) atoms. The molecule has 0 saturated carbocycles. The molecule has 1 aromatic heterocycles. The van der Waals surface area contributed by atoms with Crippen LogP contribution < -0.4 is 0 Å². The summed E-state index contributed by atoms with van der Waals surface area (Å²) in [5.41, 5.74) is 4.38. The Morgan fingerprint density at radius 3 is 1.94 bits per heavy atom. The highest BCUT2D eigenvalue weighted by Crippen LogP contribution is 2.45. The number of furan rings is 1. The number of rotatable bonds is 1. The van der Waals surface area contributed by atoms with Crippen molar-refractivity contribution in [3.05, 3.63) is 109 Å². The second kappa shape index (κ2) is 6.11. The molecule has 0 bridgehead atoms. The lowest BCUT2D eigenvalue weighted by molar-refractivity contribution is 0.673. The molecular weight excluding hydrogens is 400 g/mol. The minimum Gasteiger partial charge on any atom is -0.455 e. The zero-order valence-corrected chi connectivity index (χ0v) is 17.8. The van der Waals surface area contributed by atoms with Gasteiger partial charge in [0.1, 0.15) is 11.2 Å². The molecule has 0 amide bonds. The smallest absolute Gasteiger partial charge is 0.143 e. The molecule has 0 spiro atoms. The van der Waals surface area contributed by atoms with Gasteiger partial charge in [-0.15, -0.1) is 0 Å². The Labute approximate surface area is 189 Å². The largest absolute Gasteiger partial charge is 0.455 e. The Kier molecular flexibility index (Phi) is 3.19. The van der Waals surface area contributed by atoms with Gasteiger partial charge in [0, 0.05) is 16.2 Å². The molecule has 0 atom stereocenters. The number of fused-ring (bicyclic) bond motifs is 5. The van der Waals surface area contributed by atoms with Crippen LogP contribution in [0.3, 0.4) is 0 Å². The first-order valence-corrected chi connectivity index (χ1v) is 11.4. The Balaban J connectivity index is 1.61. The van der Waals surface area contributed by atoms with Gasteiger partial charge in [-0.1, -0.05) is 97.1 Å². The lowest BCUT2D eigenvalue weighted by Gasteiger charge is -2.15. The first kappa shape index (κ1) is 17.2. The van der Waals surface area contributed by atoms with Crippen molar-refractivity contribution in [2.45, 2.75) is 0 Å². The molecule has 0 aliphatic carbocycles. The third kappa shape index (κ3) is 2.21. The Bertz CT molecular complexity index is 2010. The fraction of sp³-hybridized carbons (Fsp3) is 0. The third-order valence-corrected chi connectivity index (χ3v) is 7.19. The summed E-state index contributed by atoms with van der Waals surface area (Å²) in [4.78, 5) is 0. The van der Waals surface area contributed by atoms with Crippen LogP contribution in [0.2, 0.25) is 0 Å². The van der Waals surface area contributed by atoms with Gasteiger partial charge < -0.3 is 4.42 Å². The van der Waals surface area contributed by atoms with Crippen molar-refractivity contribution < 1.29 is 4.42 Å². The molecular formula is C32H18O. The molecule has 0 unspecified atom stereocenters. The molecule has 7 aromatic carbocycles. The number of hydrogen-bond acceptors (Lipinski definition) is 1. The van der Waals surface area contributed by atoms with Crippen LogP contribution in [0.4, 0.5) is 0 Å². The number of para-hydroxylation sites is 1. The summed E-state index contributed by atoms with van der Waals surface area (Å²) >= 11 is 0. The van der Waals surface area contributed by atoms with Crippen LogP contribution in [0.1, 0.15) is 0 Å². The maximum atomic E-state index is 6.45. The molecule has 8 aromatic rings. The van der Waals surface area contributed by atoms with Gasteiger partial charge in [-0.05, 0) is 61.0 Å². The summed E-state index contributed by atoms with van der Waals surface area (Å²) in [6.07, 6.45) is 0. The van der Waals surface area contributed by atoms with Crippen LogP contribution in [0, 0.1) is 0 Å². The number of hydrogen-bond donors (Lipinski definition) is 0. The van der Waals surface area contributed by atoms with Crippen LogP contribution in [0.25, 0.3) is 76.2 Å². The van der Waals surface area contributed by atoms with Gasteiger partial charge in [0.05, 0.1) is 0 Å². The fourth-order valence-corrected chi connectivity index (χ4v) is 5.74. The van der Waals surface area contributed by atoms with E-state index in [1.807, 2.05) is 6.07 Å². The van der Waals surface area contributed by atoms with Crippen LogP contribution in [0.5, 0.6) is 0 Å².